The average Bonchev–Trinajstić information content (AvgIpc) is 2.70. The van der Waals surface area contributed by atoms with Gasteiger partial charge in [0.15, 0.2) is 0 Å². The van der Waals surface area contributed by atoms with Crippen LogP contribution in [-0.2, 0) is 17.7 Å². The van der Waals surface area contributed by atoms with Gasteiger partial charge >= 0.3 is 0 Å². The molecule has 1 aromatic carbocycles. The van der Waals surface area contributed by atoms with E-state index in [-0.39, 0.29) is 11.8 Å². The van der Waals surface area contributed by atoms with Crippen molar-refractivity contribution in [1.82, 2.24) is 15.2 Å². The van der Waals surface area contributed by atoms with Crippen molar-refractivity contribution >= 4 is 11.8 Å². The topological polar surface area (TPSA) is 71.5 Å². The molecular weight excluding hydrogens is 330 g/mol. The molecule has 2 aromatic rings. The third kappa shape index (κ3) is 4.26. The van der Waals surface area contributed by atoms with Crippen LogP contribution in [0.25, 0.3) is 0 Å². The van der Waals surface area contributed by atoms with Gasteiger partial charge in [-0.05, 0) is 30.0 Å². The van der Waals surface area contributed by atoms with E-state index in [4.69, 9.17) is 4.74 Å². The number of carbonyl (C=O) groups is 2. The van der Waals surface area contributed by atoms with Gasteiger partial charge in [-0.2, -0.15) is 0 Å². The van der Waals surface area contributed by atoms with Crippen molar-refractivity contribution in [3.63, 3.8) is 0 Å². The van der Waals surface area contributed by atoms with Crippen LogP contribution in [0, 0.1) is 0 Å². The molecular formula is C20H23N3O3. The zero-order valence-electron chi connectivity index (χ0n) is 14.9. The van der Waals surface area contributed by atoms with Crippen LogP contribution in [0.3, 0.4) is 0 Å². The van der Waals surface area contributed by atoms with Crippen molar-refractivity contribution in [1.29, 1.82) is 0 Å². The van der Waals surface area contributed by atoms with Crippen LogP contribution in [0.2, 0.25) is 0 Å². The van der Waals surface area contributed by atoms with E-state index >= 15 is 0 Å². The van der Waals surface area contributed by atoms with Crippen molar-refractivity contribution in [2.45, 2.75) is 19.4 Å². The number of ether oxygens (including phenoxy) is 1. The number of amides is 2. The summed E-state index contributed by atoms with van der Waals surface area (Å²) in [6, 6.07) is 9.78. The summed E-state index contributed by atoms with van der Waals surface area (Å²) in [5.74, 6) is -0.326. The molecule has 1 aromatic heterocycles. The van der Waals surface area contributed by atoms with E-state index in [0.717, 1.165) is 12.8 Å². The molecule has 2 amide bonds. The summed E-state index contributed by atoms with van der Waals surface area (Å²) in [5.41, 5.74) is 3.30. The van der Waals surface area contributed by atoms with E-state index in [1.54, 1.807) is 18.1 Å². The Bertz CT molecular complexity index is 791. The number of hydrogen-bond donors (Lipinski definition) is 1. The molecule has 1 aliphatic heterocycles. The second-order valence-corrected chi connectivity index (χ2v) is 6.31. The number of nitrogens with one attached hydrogen (secondary N) is 1. The van der Waals surface area contributed by atoms with Gasteiger partial charge in [-0.1, -0.05) is 24.3 Å². The fourth-order valence-electron chi connectivity index (χ4n) is 3.05. The number of pyridine rings is 1. The normalized spacial score (nSPS) is 13.2. The quantitative estimate of drug-likeness (QED) is 0.807. The Kier molecular flexibility index (Phi) is 5.96. The first kappa shape index (κ1) is 18.1. The molecule has 0 radical (unpaired) electrons. The number of rotatable bonds is 6. The molecule has 136 valence electrons. The van der Waals surface area contributed by atoms with Crippen LogP contribution < -0.4 is 5.32 Å². The zero-order valence-corrected chi connectivity index (χ0v) is 14.9. The van der Waals surface area contributed by atoms with E-state index in [0.29, 0.717) is 37.4 Å². The molecule has 6 heteroatoms. The fourth-order valence-corrected chi connectivity index (χ4v) is 3.05. The minimum Gasteiger partial charge on any atom is -0.385 e. The minimum absolute atomic E-state index is 0.0963. The van der Waals surface area contributed by atoms with Crippen molar-refractivity contribution < 1.29 is 14.3 Å². The third-order valence-corrected chi connectivity index (χ3v) is 4.48. The van der Waals surface area contributed by atoms with E-state index in [2.05, 4.69) is 22.4 Å². The first-order chi connectivity index (χ1) is 12.7. The Balaban J connectivity index is 1.66. The van der Waals surface area contributed by atoms with Gasteiger partial charge in [-0.25, -0.2) is 0 Å². The number of methoxy groups -OCH3 is 1. The van der Waals surface area contributed by atoms with Gasteiger partial charge in [-0.3, -0.25) is 14.6 Å². The fraction of sp³-hybridized carbons (Fsp3) is 0.350. The number of aromatic nitrogens is 1. The summed E-state index contributed by atoms with van der Waals surface area (Å²) in [5, 5.41) is 2.81. The van der Waals surface area contributed by atoms with E-state index in [1.807, 2.05) is 12.1 Å². The summed E-state index contributed by atoms with van der Waals surface area (Å²) < 4.78 is 4.96. The van der Waals surface area contributed by atoms with Gasteiger partial charge < -0.3 is 15.0 Å². The Morgan fingerprint density at radius 1 is 1.19 bits per heavy atom. The highest BCUT2D eigenvalue weighted by atomic mass is 16.5. The van der Waals surface area contributed by atoms with Crippen LogP contribution in [0.1, 0.15) is 38.3 Å². The highest BCUT2D eigenvalue weighted by Crippen LogP contribution is 2.20. The molecule has 0 unspecified atom stereocenters. The highest BCUT2D eigenvalue weighted by Gasteiger charge is 2.22. The van der Waals surface area contributed by atoms with Crippen molar-refractivity contribution in [2.24, 2.45) is 0 Å². The minimum atomic E-state index is -0.229. The molecule has 1 aliphatic rings. The van der Waals surface area contributed by atoms with E-state index in [9.17, 15) is 9.59 Å². The van der Waals surface area contributed by atoms with Crippen molar-refractivity contribution in [3.05, 3.63) is 65.0 Å². The zero-order chi connectivity index (χ0) is 18.4. The molecule has 2 heterocycles. The van der Waals surface area contributed by atoms with Gasteiger partial charge in [0.25, 0.3) is 11.8 Å². The number of hydrogen-bond acceptors (Lipinski definition) is 4. The van der Waals surface area contributed by atoms with E-state index < -0.39 is 0 Å². The van der Waals surface area contributed by atoms with Crippen LogP contribution >= 0.6 is 0 Å². The number of nitrogens with zero attached hydrogens (tertiary/aromatic N) is 2. The summed E-state index contributed by atoms with van der Waals surface area (Å²) in [7, 11) is 1.62. The lowest BCUT2D eigenvalue weighted by Gasteiger charge is -2.28. The standard InChI is InChI=1S/C20H23N3O3/c1-26-10-4-8-22-19(24)17-11-18(13-21-12-17)20(25)23-9-7-15-5-2-3-6-16(15)14-23/h2-3,5-6,11-13H,4,7-10,14H2,1H3,(H,22,24). The lowest BCUT2D eigenvalue weighted by Crippen LogP contribution is -2.36. The predicted molar refractivity (Wildman–Crippen MR) is 97.9 cm³/mol. The monoisotopic (exact) mass is 353 g/mol. The molecule has 0 saturated carbocycles. The van der Waals surface area contributed by atoms with Gasteiger partial charge in [0.05, 0.1) is 11.1 Å². The first-order valence-electron chi connectivity index (χ1n) is 8.77. The molecule has 0 spiro atoms. The number of benzene rings is 1. The molecule has 0 bridgehead atoms. The SMILES string of the molecule is COCCCNC(=O)c1cncc(C(=O)N2CCc3ccccc3C2)c1. The van der Waals surface area contributed by atoms with Gasteiger partial charge in [0.2, 0.25) is 0 Å². The molecule has 0 saturated heterocycles. The largest absolute Gasteiger partial charge is 0.385 e. The van der Waals surface area contributed by atoms with Crippen LogP contribution in [0.15, 0.2) is 42.7 Å². The lowest BCUT2D eigenvalue weighted by atomic mass is 9.99. The van der Waals surface area contributed by atoms with E-state index in [1.165, 1.54) is 23.5 Å². The Morgan fingerprint density at radius 2 is 1.96 bits per heavy atom. The summed E-state index contributed by atoms with van der Waals surface area (Å²) in [4.78, 5) is 30.9. The molecule has 0 atom stereocenters. The molecule has 26 heavy (non-hydrogen) atoms. The second kappa shape index (κ2) is 8.58. The molecule has 0 fully saturated rings. The Labute approximate surface area is 153 Å². The van der Waals surface area contributed by atoms with Crippen LogP contribution in [-0.4, -0.2) is 48.5 Å². The predicted octanol–water partition coefficient (Wildman–Crippen LogP) is 2.05. The second-order valence-electron chi connectivity index (χ2n) is 6.31. The number of carbonyl (C=O) groups excluding carboxylic acids is 2. The molecule has 3 rings (SSSR count). The molecule has 0 aliphatic carbocycles. The Morgan fingerprint density at radius 3 is 2.77 bits per heavy atom. The smallest absolute Gasteiger partial charge is 0.255 e. The first-order valence-corrected chi connectivity index (χ1v) is 8.77. The Hall–Kier alpha value is -2.73. The maximum Gasteiger partial charge on any atom is 0.255 e. The van der Waals surface area contributed by atoms with Crippen molar-refractivity contribution in [2.75, 3.05) is 26.8 Å². The maximum atomic E-state index is 12.8. The van der Waals surface area contributed by atoms with Gasteiger partial charge in [0.1, 0.15) is 0 Å². The summed E-state index contributed by atoms with van der Waals surface area (Å²) >= 11 is 0. The van der Waals surface area contributed by atoms with Gasteiger partial charge in [0, 0.05) is 45.7 Å². The lowest BCUT2D eigenvalue weighted by molar-refractivity contribution is 0.0734. The van der Waals surface area contributed by atoms with Crippen molar-refractivity contribution in [3.8, 4) is 0 Å². The molecule has 6 nitrogen and oxygen atoms in total. The third-order valence-electron chi connectivity index (χ3n) is 4.48. The average molecular weight is 353 g/mol. The molecule has 1 N–H and O–H groups in total. The summed E-state index contributed by atoms with van der Waals surface area (Å²) in [6.45, 7) is 2.37. The maximum absolute atomic E-state index is 12.8. The highest BCUT2D eigenvalue weighted by molar-refractivity contribution is 5.99. The van der Waals surface area contributed by atoms with Gasteiger partial charge in [-0.15, -0.1) is 0 Å². The van der Waals surface area contributed by atoms with Crippen LogP contribution in [0.5, 0.6) is 0 Å². The number of fused-ring (bicyclic) bond motifs is 1. The summed E-state index contributed by atoms with van der Waals surface area (Å²) in [6.07, 6.45) is 4.58. The van der Waals surface area contributed by atoms with Crippen LogP contribution in [0.4, 0.5) is 0 Å².